The van der Waals surface area contributed by atoms with Crippen molar-refractivity contribution in [2.24, 2.45) is 0 Å². The van der Waals surface area contributed by atoms with Crippen molar-refractivity contribution in [3.63, 3.8) is 0 Å². The molecule has 0 radical (unpaired) electrons. The average molecular weight is 997 g/mol. The number of benzene rings is 12. The number of fused-ring (bicyclic) bond motifs is 16. The fraction of sp³-hybridized carbons (Fsp3) is 0. The van der Waals surface area contributed by atoms with Crippen molar-refractivity contribution in [3.8, 4) is 45.0 Å². The molecule has 17 rings (SSSR count). The maximum Gasteiger partial charge on any atom is 0.0555 e. The Morgan fingerprint density at radius 1 is 0.208 bits per heavy atom. The van der Waals surface area contributed by atoms with Crippen molar-refractivity contribution in [1.82, 2.24) is 18.3 Å². The molecule has 0 aliphatic carbocycles. The third-order valence-corrected chi connectivity index (χ3v) is 17.5. The molecule has 0 aliphatic heterocycles. The summed E-state index contributed by atoms with van der Waals surface area (Å²) in [5, 5.41) is 12.6. The highest BCUT2D eigenvalue weighted by Crippen LogP contribution is 2.46. The minimum Gasteiger partial charge on any atom is -0.309 e. The van der Waals surface area contributed by atoms with E-state index >= 15 is 0 Å². The normalized spacial score (nSPS) is 12.2. The van der Waals surface area contributed by atoms with Crippen LogP contribution in [0.5, 0.6) is 0 Å². The summed E-state index contributed by atoms with van der Waals surface area (Å²) in [5.74, 6) is 0. The maximum atomic E-state index is 2.47. The van der Waals surface area contributed by atoms with Crippen LogP contribution in [0.25, 0.3) is 152 Å². The molecule has 358 valence electrons. The van der Waals surface area contributed by atoms with Crippen LogP contribution in [-0.2, 0) is 0 Å². The van der Waals surface area contributed by atoms with Gasteiger partial charge in [-0.25, -0.2) is 0 Å². The molecular formula is C72H44N4S. The van der Waals surface area contributed by atoms with E-state index in [0.717, 1.165) is 11.4 Å². The molecule has 0 saturated carbocycles. The standard InChI is InChI=1S/C72H44N4S/c1-3-17-49(18-4-1)73-62-26-11-7-22-53(62)58-41-46(30-35-66(58)73)45-16-15-21-51(40-45)76-65-29-14-10-25-57(65)71-69(76)38-34-56-61-44-52(33-39-70(61)77-72(56)71)75-64-28-13-9-24-55(64)60-43-48(32-37-68(60)75)47-31-36-67-59(42-47)54-23-8-12-27-63(54)74(67)50-19-5-2-6-20-50/h1-44H. The predicted octanol–water partition coefficient (Wildman–Crippen LogP) is 19.8. The van der Waals surface area contributed by atoms with Gasteiger partial charge in [0.05, 0.1) is 44.1 Å². The SMILES string of the molecule is c1ccc(-n2c3ccccc3c3cc(-c4cccc(-n5c6ccccc6c6c7sc8ccc(-n9c%10ccccc%10c%10cc(-c%11ccc%12c(c%11)c%11ccccc%11n%12-c%11ccccc%11)ccc%109)cc8c7ccc65)c4)ccc32)cc1. The lowest BCUT2D eigenvalue weighted by Crippen LogP contribution is -1.94. The molecule has 0 unspecified atom stereocenters. The molecule has 17 aromatic rings. The lowest BCUT2D eigenvalue weighted by Gasteiger charge is -2.11. The van der Waals surface area contributed by atoms with Crippen LogP contribution in [0.4, 0.5) is 0 Å². The van der Waals surface area contributed by atoms with E-state index in [2.05, 4.69) is 285 Å². The Morgan fingerprint density at radius 3 is 1.13 bits per heavy atom. The first-order chi connectivity index (χ1) is 38.2. The Hall–Kier alpha value is -9.94. The number of hydrogen-bond donors (Lipinski definition) is 0. The number of aromatic nitrogens is 4. The van der Waals surface area contributed by atoms with E-state index in [-0.39, 0.29) is 0 Å². The largest absolute Gasteiger partial charge is 0.309 e. The van der Waals surface area contributed by atoms with Crippen molar-refractivity contribution in [2.45, 2.75) is 0 Å². The summed E-state index contributed by atoms with van der Waals surface area (Å²) in [5.41, 5.74) is 19.1. The van der Waals surface area contributed by atoms with Gasteiger partial charge in [-0.3, -0.25) is 0 Å². The van der Waals surface area contributed by atoms with Crippen LogP contribution in [0.3, 0.4) is 0 Å². The van der Waals surface area contributed by atoms with Gasteiger partial charge in [-0.2, -0.15) is 0 Å². The molecule has 0 amide bonds. The Balaban J connectivity index is 0.780. The summed E-state index contributed by atoms with van der Waals surface area (Å²) in [6.07, 6.45) is 0. The number of rotatable bonds is 6. The van der Waals surface area contributed by atoms with Gasteiger partial charge in [0.2, 0.25) is 0 Å². The summed E-state index contributed by atoms with van der Waals surface area (Å²) < 4.78 is 12.3. The molecule has 5 heteroatoms. The van der Waals surface area contributed by atoms with E-state index in [1.165, 1.54) is 141 Å². The Bertz CT molecular complexity index is 5280. The third kappa shape index (κ3) is 6.20. The summed E-state index contributed by atoms with van der Waals surface area (Å²) in [7, 11) is 0. The molecule has 0 bridgehead atoms. The fourth-order valence-corrected chi connectivity index (χ4v) is 14.2. The van der Waals surface area contributed by atoms with Gasteiger partial charge in [-0.05, 0) is 144 Å². The van der Waals surface area contributed by atoms with Gasteiger partial charge in [0.1, 0.15) is 0 Å². The zero-order valence-electron chi connectivity index (χ0n) is 41.6. The first-order valence-corrected chi connectivity index (χ1v) is 27.2. The molecule has 0 N–H and O–H groups in total. The highest BCUT2D eigenvalue weighted by molar-refractivity contribution is 7.26. The Kier molecular flexibility index (Phi) is 8.97. The van der Waals surface area contributed by atoms with Gasteiger partial charge in [0, 0.05) is 86.0 Å². The van der Waals surface area contributed by atoms with Gasteiger partial charge in [-0.1, -0.05) is 146 Å². The van der Waals surface area contributed by atoms with E-state index in [0.29, 0.717) is 0 Å². The number of nitrogens with zero attached hydrogens (tertiary/aromatic N) is 4. The molecule has 0 fully saturated rings. The second kappa shape index (κ2) is 16.3. The average Bonchev–Trinajstić information content (AvgIpc) is 4.50. The van der Waals surface area contributed by atoms with Crippen LogP contribution in [0.15, 0.2) is 267 Å². The van der Waals surface area contributed by atoms with Crippen LogP contribution in [-0.4, -0.2) is 18.3 Å². The van der Waals surface area contributed by atoms with Gasteiger partial charge in [0.25, 0.3) is 0 Å². The van der Waals surface area contributed by atoms with E-state index in [9.17, 15) is 0 Å². The summed E-state index contributed by atoms with van der Waals surface area (Å²) in [6, 6.07) is 98.6. The van der Waals surface area contributed by atoms with Crippen LogP contribution in [0, 0.1) is 0 Å². The van der Waals surface area contributed by atoms with Gasteiger partial charge in [0.15, 0.2) is 0 Å². The smallest absolute Gasteiger partial charge is 0.0555 e. The maximum absolute atomic E-state index is 2.47. The van der Waals surface area contributed by atoms with E-state index in [4.69, 9.17) is 0 Å². The van der Waals surface area contributed by atoms with Gasteiger partial charge >= 0.3 is 0 Å². The van der Waals surface area contributed by atoms with E-state index < -0.39 is 0 Å². The first-order valence-electron chi connectivity index (χ1n) is 26.4. The molecule has 0 spiro atoms. The van der Waals surface area contributed by atoms with Crippen LogP contribution >= 0.6 is 11.3 Å². The van der Waals surface area contributed by atoms with Crippen LogP contribution in [0.1, 0.15) is 0 Å². The molecule has 0 saturated heterocycles. The van der Waals surface area contributed by atoms with E-state index in [1.54, 1.807) is 0 Å². The van der Waals surface area contributed by atoms with Crippen LogP contribution < -0.4 is 0 Å². The molecular weight excluding hydrogens is 953 g/mol. The fourth-order valence-electron chi connectivity index (χ4n) is 13.0. The molecule has 4 nitrogen and oxygen atoms in total. The van der Waals surface area contributed by atoms with Gasteiger partial charge in [-0.15, -0.1) is 11.3 Å². The lowest BCUT2D eigenvalue weighted by molar-refractivity contribution is 1.18. The first kappa shape index (κ1) is 42.4. The second-order valence-electron chi connectivity index (χ2n) is 20.4. The summed E-state index contributed by atoms with van der Waals surface area (Å²) in [6.45, 7) is 0. The Morgan fingerprint density at radius 2 is 0.597 bits per heavy atom. The topological polar surface area (TPSA) is 19.7 Å². The molecule has 12 aromatic carbocycles. The molecule has 77 heavy (non-hydrogen) atoms. The van der Waals surface area contributed by atoms with Crippen molar-refractivity contribution in [2.75, 3.05) is 0 Å². The number of para-hydroxylation sites is 6. The van der Waals surface area contributed by atoms with Crippen molar-refractivity contribution in [1.29, 1.82) is 0 Å². The Labute approximate surface area is 446 Å². The van der Waals surface area contributed by atoms with Crippen molar-refractivity contribution >= 4 is 119 Å². The van der Waals surface area contributed by atoms with Crippen LogP contribution in [0.2, 0.25) is 0 Å². The highest BCUT2D eigenvalue weighted by atomic mass is 32.1. The molecule has 0 aliphatic rings. The summed E-state index contributed by atoms with van der Waals surface area (Å²) in [4.78, 5) is 0. The van der Waals surface area contributed by atoms with E-state index in [1.807, 2.05) is 11.3 Å². The third-order valence-electron chi connectivity index (χ3n) is 16.3. The zero-order chi connectivity index (χ0) is 50.3. The second-order valence-corrected chi connectivity index (χ2v) is 21.5. The quantitative estimate of drug-likeness (QED) is 0.158. The van der Waals surface area contributed by atoms with Crippen molar-refractivity contribution in [3.05, 3.63) is 267 Å². The number of hydrogen-bond acceptors (Lipinski definition) is 1. The molecule has 5 aromatic heterocycles. The molecule has 0 atom stereocenters. The van der Waals surface area contributed by atoms with Crippen molar-refractivity contribution < 1.29 is 0 Å². The minimum atomic E-state index is 1.15. The summed E-state index contributed by atoms with van der Waals surface area (Å²) >= 11 is 1.90. The molecule has 5 heterocycles. The monoisotopic (exact) mass is 996 g/mol. The zero-order valence-corrected chi connectivity index (χ0v) is 42.4. The number of thiophene rings is 1. The lowest BCUT2D eigenvalue weighted by atomic mass is 10.0. The van der Waals surface area contributed by atoms with Gasteiger partial charge < -0.3 is 18.3 Å². The highest BCUT2D eigenvalue weighted by Gasteiger charge is 2.21. The predicted molar refractivity (Wildman–Crippen MR) is 328 cm³/mol. The minimum absolute atomic E-state index is 1.15.